The molecule has 5 nitrogen and oxygen atoms in total. The number of nitrogens with zero attached hydrogens (tertiary/aromatic N) is 3. The van der Waals surface area contributed by atoms with Gasteiger partial charge in [-0.2, -0.15) is 0 Å². The average molecular weight is 1010 g/mol. The second-order valence-electron chi connectivity index (χ2n) is 21.0. The number of furan rings is 2. The lowest BCUT2D eigenvalue weighted by atomic mass is 9.62. The van der Waals surface area contributed by atoms with Gasteiger partial charge >= 0.3 is 0 Å². The summed E-state index contributed by atoms with van der Waals surface area (Å²) in [6.45, 7) is 13.3. The van der Waals surface area contributed by atoms with Crippen LogP contribution in [-0.2, 0) is 5.41 Å². The fraction of sp³-hybridized carbons (Fsp3) is 0.0959. The predicted octanol–water partition coefficient (Wildman–Crippen LogP) is 20.4. The first kappa shape index (κ1) is 46.9. The van der Waals surface area contributed by atoms with Gasteiger partial charge in [-0.25, -0.2) is 0 Å². The van der Waals surface area contributed by atoms with Gasteiger partial charge in [0.15, 0.2) is 11.2 Å². The summed E-state index contributed by atoms with van der Waals surface area (Å²) >= 11 is 0. The van der Waals surface area contributed by atoms with Crippen molar-refractivity contribution in [2.75, 3.05) is 14.7 Å². The largest absolute Gasteiger partial charge is 0.454 e. The van der Waals surface area contributed by atoms with E-state index in [0.717, 1.165) is 106 Å². The Morgan fingerprint density at radius 1 is 0.321 bits per heavy atom. The topological polar surface area (TPSA) is 36.0 Å². The van der Waals surface area contributed by atoms with Crippen LogP contribution in [-0.4, -0.2) is 0 Å². The van der Waals surface area contributed by atoms with E-state index in [2.05, 4.69) is 281 Å². The number of rotatable bonds is 9. The first-order valence-corrected chi connectivity index (χ1v) is 27.0. The van der Waals surface area contributed by atoms with Crippen molar-refractivity contribution >= 4 is 95.1 Å². The van der Waals surface area contributed by atoms with Crippen molar-refractivity contribution in [1.29, 1.82) is 0 Å². The van der Waals surface area contributed by atoms with Crippen LogP contribution in [0.3, 0.4) is 0 Å². The SMILES string of the molecule is Cc1ccc(N(c2ccc(C3(c4ccc(N(c5ccc(C)c(C)c5C)c5cccc6c5oc5ccccc56)cc4)c4ccccc4N(c4ccccc4)c4ccccc43)cc2)c2cccc3c2oc2ccccc23)c(C)c1C. The molecule has 5 heteroatoms. The molecule has 0 saturated carbocycles. The predicted molar refractivity (Wildman–Crippen MR) is 325 cm³/mol. The molecule has 13 aromatic rings. The monoisotopic (exact) mass is 1010 g/mol. The second-order valence-corrected chi connectivity index (χ2v) is 21.0. The van der Waals surface area contributed by atoms with Gasteiger partial charge in [0.05, 0.1) is 28.2 Å². The summed E-state index contributed by atoms with van der Waals surface area (Å²) in [5.41, 5.74) is 24.5. The van der Waals surface area contributed by atoms with Crippen LogP contribution < -0.4 is 14.7 Å². The number of hydrogen-bond donors (Lipinski definition) is 0. The molecule has 0 radical (unpaired) electrons. The quantitative estimate of drug-likeness (QED) is 0.144. The highest BCUT2D eigenvalue weighted by Crippen LogP contribution is 2.58. The minimum atomic E-state index is -0.768. The van der Waals surface area contributed by atoms with E-state index < -0.39 is 5.41 Å². The van der Waals surface area contributed by atoms with E-state index in [9.17, 15) is 0 Å². The van der Waals surface area contributed by atoms with Crippen molar-refractivity contribution in [2.24, 2.45) is 0 Å². The maximum Gasteiger partial charge on any atom is 0.159 e. The minimum absolute atomic E-state index is 0.768. The fourth-order valence-corrected chi connectivity index (χ4v) is 12.6. The zero-order chi connectivity index (χ0) is 52.8. The number of fused-ring (bicyclic) bond motifs is 8. The van der Waals surface area contributed by atoms with Crippen LogP contribution >= 0.6 is 0 Å². The first-order valence-electron chi connectivity index (χ1n) is 27.0. The van der Waals surface area contributed by atoms with Crippen molar-refractivity contribution in [2.45, 2.75) is 47.0 Å². The van der Waals surface area contributed by atoms with Crippen molar-refractivity contribution in [3.63, 3.8) is 0 Å². The third-order valence-electron chi connectivity index (χ3n) is 17.0. The van der Waals surface area contributed by atoms with Crippen molar-refractivity contribution in [1.82, 2.24) is 0 Å². The highest BCUT2D eigenvalue weighted by Gasteiger charge is 2.46. The van der Waals surface area contributed by atoms with Gasteiger partial charge in [-0.3, -0.25) is 0 Å². The second kappa shape index (κ2) is 18.3. The Bertz CT molecular complexity index is 4200. The Hall–Kier alpha value is -9.58. The van der Waals surface area contributed by atoms with Gasteiger partial charge in [0.2, 0.25) is 0 Å². The third-order valence-corrected chi connectivity index (χ3v) is 17.0. The summed E-state index contributed by atoms with van der Waals surface area (Å²) in [5, 5.41) is 4.39. The van der Waals surface area contributed by atoms with Gasteiger partial charge in [0, 0.05) is 50.0 Å². The number of anilines is 9. The van der Waals surface area contributed by atoms with Crippen LogP contribution in [0.1, 0.15) is 55.6 Å². The molecule has 0 N–H and O–H groups in total. The van der Waals surface area contributed by atoms with Crippen molar-refractivity contribution in [3.05, 3.63) is 292 Å². The summed E-state index contributed by atoms with van der Waals surface area (Å²) < 4.78 is 13.6. The molecule has 3 heterocycles. The van der Waals surface area contributed by atoms with Gasteiger partial charge in [-0.05, 0) is 182 Å². The molecular weight excluding hydrogens is 951 g/mol. The average Bonchev–Trinajstić information content (AvgIpc) is 4.07. The molecule has 14 rings (SSSR count). The summed E-state index contributed by atoms with van der Waals surface area (Å²) in [6.07, 6.45) is 0. The Morgan fingerprint density at radius 3 is 1.18 bits per heavy atom. The number of para-hydroxylation sites is 7. The molecule has 0 aliphatic carbocycles. The van der Waals surface area contributed by atoms with Crippen molar-refractivity contribution < 1.29 is 8.83 Å². The van der Waals surface area contributed by atoms with Crippen LogP contribution in [0.4, 0.5) is 51.2 Å². The molecule has 0 saturated heterocycles. The molecular formula is C73H57N3O2. The standard InChI is InChI=1S/C73H57N3O2/c1-46-34-44-63(50(5)48(46)3)74(67-30-18-24-59-57-22-10-16-32-69(57)77-71(59)67)55-40-36-52(37-41-55)73(61-26-12-14-28-65(61)76(54-20-8-7-9-21-54)66-29-15-13-27-62(66)73)53-38-42-56(43-39-53)75(64-45-35-47(2)49(4)51(64)6)68-31-19-25-60-58-23-11-17-33-70(58)78-72(60)68/h7-45H,1-6H3. The summed E-state index contributed by atoms with van der Waals surface area (Å²) in [7, 11) is 0. The van der Waals surface area contributed by atoms with Crippen LogP contribution in [0, 0.1) is 41.5 Å². The Balaban J connectivity index is 1.00. The number of benzene rings is 11. The Kier molecular flexibility index (Phi) is 11.0. The molecule has 376 valence electrons. The summed E-state index contributed by atoms with van der Waals surface area (Å²) in [6, 6.07) is 86.2. The number of hydrogen-bond acceptors (Lipinski definition) is 5. The molecule has 11 aromatic carbocycles. The zero-order valence-electron chi connectivity index (χ0n) is 44.7. The van der Waals surface area contributed by atoms with Crippen LogP contribution in [0.2, 0.25) is 0 Å². The lowest BCUT2D eigenvalue weighted by molar-refractivity contribution is 0.668. The zero-order valence-corrected chi connectivity index (χ0v) is 44.7. The first-order chi connectivity index (χ1) is 38.2. The molecule has 2 aromatic heterocycles. The summed E-state index contributed by atoms with van der Waals surface area (Å²) in [5.74, 6) is 0. The van der Waals surface area contributed by atoms with Gasteiger partial charge in [-0.1, -0.05) is 152 Å². The number of aryl methyl sites for hydroxylation is 2. The maximum absolute atomic E-state index is 6.80. The van der Waals surface area contributed by atoms with Crippen LogP contribution in [0.15, 0.2) is 245 Å². The molecule has 1 aliphatic rings. The van der Waals surface area contributed by atoms with E-state index in [-0.39, 0.29) is 0 Å². The van der Waals surface area contributed by atoms with E-state index in [1.54, 1.807) is 0 Å². The van der Waals surface area contributed by atoms with Crippen LogP contribution in [0.25, 0.3) is 43.9 Å². The molecule has 0 amide bonds. The van der Waals surface area contributed by atoms with E-state index in [1.807, 2.05) is 12.1 Å². The van der Waals surface area contributed by atoms with Gasteiger partial charge < -0.3 is 23.5 Å². The molecule has 1 aliphatic heterocycles. The van der Waals surface area contributed by atoms with E-state index in [1.165, 1.54) is 44.5 Å². The Morgan fingerprint density at radius 2 is 0.718 bits per heavy atom. The molecule has 78 heavy (non-hydrogen) atoms. The molecule has 0 bridgehead atoms. The lowest BCUT2D eigenvalue weighted by Crippen LogP contribution is -2.37. The molecule has 0 fully saturated rings. The van der Waals surface area contributed by atoms with Gasteiger partial charge in [-0.15, -0.1) is 0 Å². The minimum Gasteiger partial charge on any atom is -0.454 e. The van der Waals surface area contributed by atoms with E-state index in [0.29, 0.717) is 0 Å². The smallest absolute Gasteiger partial charge is 0.159 e. The lowest BCUT2D eigenvalue weighted by Gasteiger charge is -2.46. The van der Waals surface area contributed by atoms with E-state index in [4.69, 9.17) is 8.83 Å². The van der Waals surface area contributed by atoms with Gasteiger partial charge in [0.25, 0.3) is 0 Å². The van der Waals surface area contributed by atoms with Gasteiger partial charge in [0.1, 0.15) is 11.2 Å². The highest BCUT2D eigenvalue weighted by molar-refractivity contribution is 6.11. The molecule has 0 unspecified atom stereocenters. The van der Waals surface area contributed by atoms with E-state index >= 15 is 0 Å². The fourth-order valence-electron chi connectivity index (χ4n) is 12.6. The normalized spacial score (nSPS) is 12.8. The maximum atomic E-state index is 6.80. The summed E-state index contributed by atoms with van der Waals surface area (Å²) in [4.78, 5) is 7.22. The van der Waals surface area contributed by atoms with Crippen LogP contribution in [0.5, 0.6) is 0 Å². The molecule has 0 spiro atoms. The van der Waals surface area contributed by atoms with Crippen molar-refractivity contribution in [3.8, 4) is 0 Å². The Labute approximate surface area is 455 Å². The third kappa shape index (κ3) is 7.08. The molecule has 0 atom stereocenters. The highest BCUT2D eigenvalue weighted by atomic mass is 16.3.